The van der Waals surface area contributed by atoms with Crippen molar-refractivity contribution in [3.05, 3.63) is 153 Å². The number of nitrogens with zero attached hydrogens (tertiary/aromatic N) is 4. The van der Waals surface area contributed by atoms with E-state index in [0.29, 0.717) is 22.4 Å². The molecule has 0 saturated heterocycles. The van der Waals surface area contributed by atoms with Crippen molar-refractivity contribution in [2.24, 2.45) is 0 Å². The van der Waals surface area contributed by atoms with Crippen LogP contribution < -0.4 is 4.72 Å². The fourth-order valence-corrected chi connectivity index (χ4v) is 6.22. The lowest BCUT2D eigenvalue weighted by Gasteiger charge is -2.19. The van der Waals surface area contributed by atoms with Gasteiger partial charge in [0.15, 0.2) is 11.0 Å². The predicted octanol–water partition coefficient (Wildman–Crippen LogP) is 6.48. The van der Waals surface area contributed by atoms with Gasteiger partial charge in [0.1, 0.15) is 5.82 Å². The lowest BCUT2D eigenvalue weighted by Crippen LogP contribution is -2.30. The molecule has 0 aliphatic carbocycles. The Bertz CT molecular complexity index is 1810. The molecule has 1 aromatic heterocycles. The van der Waals surface area contributed by atoms with Crippen LogP contribution >= 0.6 is 11.8 Å². The van der Waals surface area contributed by atoms with E-state index in [0.717, 1.165) is 22.1 Å². The van der Waals surface area contributed by atoms with Gasteiger partial charge in [0.05, 0.1) is 11.0 Å². The smallest absolute Gasteiger partial charge is 0.269 e. The zero-order chi connectivity index (χ0) is 30.2. The Morgan fingerprint density at radius 3 is 2.19 bits per heavy atom. The highest BCUT2D eigenvalue weighted by Crippen LogP contribution is 2.30. The molecule has 0 bridgehead atoms. The Morgan fingerprint density at radius 2 is 1.53 bits per heavy atom. The Hall–Kier alpha value is -4.65. The van der Waals surface area contributed by atoms with Crippen LogP contribution in [0.1, 0.15) is 28.6 Å². The molecule has 5 aromatic rings. The highest BCUT2D eigenvalue weighted by molar-refractivity contribution is 7.98. The van der Waals surface area contributed by atoms with Gasteiger partial charge in [-0.2, -0.15) is 0 Å². The van der Waals surface area contributed by atoms with Gasteiger partial charge in [-0.3, -0.25) is 14.7 Å². The quantitative estimate of drug-likeness (QED) is 0.0969. The van der Waals surface area contributed by atoms with E-state index in [2.05, 4.69) is 14.9 Å². The van der Waals surface area contributed by atoms with E-state index in [1.165, 1.54) is 42.1 Å². The number of aromatic nitrogens is 3. The number of thioether (sulfide) groups is 1. The third-order valence-electron chi connectivity index (χ3n) is 6.40. The SMILES string of the molecule is O=[N+]([O-])c1ccc(-n2c(SCc3ccc(F)cc3)nnc2C(Cc2ccccc2)NS(=O)(=O)C=Cc2ccccc2)cc1. The molecule has 0 fully saturated rings. The molecule has 0 aliphatic rings. The first kappa shape index (κ1) is 29.8. The van der Waals surface area contributed by atoms with Gasteiger partial charge in [-0.25, -0.2) is 17.5 Å². The van der Waals surface area contributed by atoms with Crippen molar-refractivity contribution in [1.82, 2.24) is 19.5 Å². The minimum absolute atomic E-state index is 0.0912. The molecule has 1 N–H and O–H groups in total. The summed E-state index contributed by atoms with van der Waals surface area (Å²) in [4.78, 5) is 10.8. The van der Waals surface area contributed by atoms with Gasteiger partial charge >= 0.3 is 0 Å². The maximum absolute atomic E-state index is 13.4. The molecule has 0 amide bonds. The summed E-state index contributed by atoms with van der Waals surface area (Å²) in [6.07, 6.45) is 1.76. The van der Waals surface area contributed by atoms with Crippen molar-refractivity contribution in [1.29, 1.82) is 0 Å². The standard InChI is InChI=1S/C31H26FN5O4S2/c32-26-13-11-25(12-14-26)22-42-31-34-33-30(36(31)27-15-17-28(18-16-27)37(38)39)29(21-24-9-5-2-6-10-24)35-43(40,41)20-19-23-7-3-1-4-8-23/h1-20,29,35H,21-22H2. The van der Waals surface area contributed by atoms with E-state index in [4.69, 9.17) is 0 Å². The summed E-state index contributed by atoms with van der Waals surface area (Å²) in [5.41, 5.74) is 2.86. The average Bonchev–Trinajstić information content (AvgIpc) is 3.44. The first-order valence-corrected chi connectivity index (χ1v) is 15.7. The van der Waals surface area contributed by atoms with Crippen LogP contribution in [0.4, 0.5) is 10.1 Å². The summed E-state index contributed by atoms with van der Waals surface area (Å²) in [7, 11) is -3.96. The molecule has 0 aliphatic heterocycles. The summed E-state index contributed by atoms with van der Waals surface area (Å²) < 4.78 is 44.5. The average molecular weight is 616 g/mol. The third-order valence-corrected chi connectivity index (χ3v) is 8.51. The topological polar surface area (TPSA) is 120 Å². The van der Waals surface area contributed by atoms with Crippen molar-refractivity contribution >= 4 is 33.5 Å². The highest BCUT2D eigenvalue weighted by Gasteiger charge is 2.27. The van der Waals surface area contributed by atoms with E-state index in [9.17, 15) is 22.9 Å². The van der Waals surface area contributed by atoms with Crippen molar-refractivity contribution in [3.63, 3.8) is 0 Å². The van der Waals surface area contributed by atoms with Crippen LogP contribution in [-0.2, 0) is 22.2 Å². The van der Waals surface area contributed by atoms with Gasteiger partial charge in [-0.05, 0) is 53.5 Å². The van der Waals surface area contributed by atoms with Crippen LogP contribution in [0.2, 0.25) is 0 Å². The number of non-ortho nitro benzene ring substituents is 1. The minimum Gasteiger partial charge on any atom is -0.273 e. The molecule has 43 heavy (non-hydrogen) atoms. The molecule has 5 rings (SSSR count). The molecule has 1 heterocycles. The first-order valence-electron chi connectivity index (χ1n) is 13.1. The molecule has 1 atom stereocenters. The molecule has 4 aromatic carbocycles. The second-order valence-electron chi connectivity index (χ2n) is 9.48. The molecular weight excluding hydrogens is 590 g/mol. The molecular formula is C31H26FN5O4S2. The number of rotatable bonds is 12. The van der Waals surface area contributed by atoms with Crippen LogP contribution in [0.15, 0.2) is 120 Å². The van der Waals surface area contributed by atoms with Crippen LogP contribution in [0.25, 0.3) is 11.8 Å². The van der Waals surface area contributed by atoms with Gasteiger partial charge in [-0.15, -0.1) is 10.2 Å². The number of sulfonamides is 1. The Kier molecular flexibility index (Phi) is 9.40. The van der Waals surface area contributed by atoms with Gasteiger partial charge in [0.25, 0.3) is 5.69 Å². The molecule has 0 saturated carbocycles. The molecule has 218 valence electrons. The maximum Gasteiger partial charge on any atom is 0.269 e. The maximum atomic E-state index is 13.4. The van der Waals surface area contributed by atoms with Crippen molar-refractivity contribution in [2.45, 2.75) is 23.4 Å². The number of nitro groups is 1. The van der Waals surface area contributed by atoms with Crippen LogP contribution in [0.5, 0.6) is 0 Å². The third kappa shape index (κ3) is 8.01. The molecule has 12 heteroatoms. The fraction of sp³-hybridized carbons (Fsp3) is 0.0968. The summed E-state index contributed by atoms with van der Waals surface area (Å²) in [6.45, 7) is 0. The largest absolute Gasteiger partial charge is 0.273 e. The van der Waals surface area contributed by atoms with Crippen molar-refractivity contribution in [2.75, 3.05) is 0 Å². The van der Waals surface area contributed by atoms with Crippen molar-refractivity contribution < 1.29 is 17.7 Å². The van der Waals surface area contributed by atoms with Gasteiger partial charge in [-0.1, -0.05) is 84.6 Å². The Labute approximate surface area is 252 Å². The molecule has 0 radical (unpaired) electrons. The van der Waals surface area contributed by atoms with Crippen LogP contribution in [0, 0.1) is 15.9 Å². The molecule has 9 nitrogen and oxygen atoms in total. The number of nitro benzene ring substituents is 1. The second kappa shape index (κ2) is 13.6. The monoisotopic (exact) mass is 615 g/mol. The Morgan fingerprint density at radius 1 is 0.884 bits per heavy atom. The van der Waals surface area contributed by atoms with E-state index in [1.807, 2.05) is 48.5 Å². The Balaban J connectivity index is 1.54. The first-order chi connectivity index (χ1) is 20.8. The summed E-state index contributed by atoms with van der Waals surface area (Å²) in [5, 5.41) is 21.7. The lowest BCUT2D eigenvalue weighted by atomic mass is 10.1. The van der Waals surface area contributed by atoms with Crippen LogP contribution in [-0.4, -0.2) is 28.1 Å². The van der Waals surface area contributed by atoms with E-state index in [-0.39, 0.29) is 17.9 Å². The molecule has 0 spiro atoms. The molecule has 1 unspecified atom stereocenters. The van der Waals surface area contributed by atoms with Crippen LogP contribution in [0.3, 0.4) is 0 Å². The van der Waals surface area contributed by atoms with Crippen molar-refractivity contribution in [3.8, 4) is 5.69 Å². The number of halogens is 1. The summed E-state index contributed by atoms with van der Waals surface area (Å²) in [5.74, 6) is 0.388. The number of hydrogen-bond donors (Lipinski definition) is 1. The minimum atomic E-state index is -3.96. The lowest BCUT2D eigenvalue weighted by molar-refractivity contribution is -0.384. The number of nitrogens with one attached hydrogen (secondary N) is 1. The van der Waals surface area contributed by atoms with E-state index < -0.39 is 21.0 Å². The summed E-state index contributed by atoms with van der Waals surface area (Å²) in [6, 6.07) is 29.5. The van der Waals surface area contributed by atoms with Gasteiger partial charge in [0.2, 0.25) is 10.0 Å². The van der Waals surface area contributed by atoms with Gasteiger partial charge < -0.3 is 0 Å². The highest BCUT2D eigenvalue weighted by atomic mass is 32.2. The number of hydrogen-bond acceptors (Lipinski definition) is 7. The van der Waals surface area contributed by atoms with Gasteiger partial charge in [0, 0.05) is 29.0 Å². The number of benzene rings is 4. The summed E-state index contributed by atoms with van der Waals surface area (Å²) >= 11 is 1.32. The predicted molar refractivity (Wildman–Crippen MR) is 164 cm³/mol. The van der Waals surface area contributed by atoms with E-state index >= 15 is 0 Å². The van der Waals surface area contributed by atoms with E-state index in [1.54, 1.807) is 41.0 Å². The zero-order valence-corrected chi connectivity index (χ0v) is 24.3. The second-order valence-corrected chi connectivity index (χ2v) is 12.0. The normalized spacial score (nSPS) is 12.4. The fourth-order valence-electron chi connectivity index (χ4n) is 4.30. The zero-order valence-electron chi connectivity index (χ0n) is 22.7.